The van der Waals surface area contributed by atoms with Crippen LogP contribution < -0.4 is 0 Å². The summed E-state index contributed by atoms with van der Waals surface area (Å²) >= 11 is 0. The number of aryl methyl sites for hydroxylation is 1. The molecule has 94 valence electrons. The van der Waals surface area contributed by atoms with Gasteiger partial charge in [-0.1, -0.05) is 37.3 Å². The Hall–Kier alpha value is -2.03. The summed E-state index contributed by atoms with van der Waals surface area (Å²) in [7, 11) is 0. The van der Waals surface area contributed by atoms with Crippen molar-refractivity contribution in [1.29, 1.82) is 0 Å². The molecule has 0 saturated carbocycles. The van der Waals surface area contributed by atoms with E-state index < -0.39 is 12.0 Å². The van der Waals surface area contributed by atoms with Gasteiger partial charge in [0.1, 0.15) is 6.04 Å². The Bertz CT molecular complexity index is 543. The molecule has 0 amide bonds. The van der Waals surface area contributed by atoms with Gasteiger partial charge in [0, 0.05) is 11.4 Å². The third kappa shape index (κ3) is 2.16. The smallest absolute Gasteiger partial charge is 0.326 e. The van der Waals surface area contributed by atoms with Crippen LogP contribution in [0.4, 0.5) is 0 Å². The Morgan fingerprint density at radius 3 is 2.44 bits per heavy atom. The predicted molar refractivity (Wildman–Crippen MR) is 71.6 cm³/mol. The predicted octanol–water partition coefficient (Wildman–Crippen LogP) is 3.50. The average Bonchev–Trinajstić information content (AvgIpc) is 2.74. The SMILES string of the molecule is CCC(C(=O)O)n1c(C)ccc1-c1ccccc1. The van der Waals surface area contributed by atoms with E-state index in [1.165, 1.54) is 0 Å². The second kappa shape index (κ2) is 5.08. The summed E-state index contributed by atoms with van der Waals surface area (Å²) in [5.74, 6) is -0.783. The standard InChI is InChI=1S/C15H17NO2/c1-3-13(15(17)18)16-11(2)9-10-14(16)12-7-5-4-6-8-12/h4-10,13H,3H2,1-2H3,(H,17,18). The van der Waals surface area contributed by atoms with Crippen LogP contribution in [0.1, 0.15) is 25.1 Å². The zero-order chi connectivity index (χ0) is 13.1. The summed E-state index contributed by atoms with van der Waals surface area (Å²) in [4.78, 5) is 11.3. The topological polar surface area (TPSA) is 42.2 Å². The molecule has 1 aromatic carbocycles. The largest absolute Gasteiger partial charge is 0.480 e. The number of benzene rings is 1. The zero-order valence-electron chi connectivity index (χ0n) is 10.6. The van der Waals surface area contributed by atoms with Crippen molar-refractivity contribution in [3.8, 4) is 11.3 Å². The van der Waals surface area contributed by atoms with Crippen molar-refractivity contribution < 1.29 is 9.90 Å². The fourth-order valence-electron chi connectivity index (χ4n) is 2.28. The molecule has 0 bridgehead atoms. The van der Waals surface area contributed by atoms with Gasteiger partial charge in [-0.15, -0.1) is 0 Å². The van der Waals surface area contributed by atoms with Crippen molar-refractivity contribution in [2.24, 2.45) is 0 Å². The molecule has 0 aliphatic carbocycles. The van der Waals surface area contributed by atoms with Crippen molar-refractivity contribution in [2.75, 3.05) is 0 Å². The van der Waals surface area contributed by atoms with E-state index in [2.05, 4.69) is 0 Å². The van der Waals surface area contributed by atoms with Crippen molar-refractivity contribution in [1.82, 2.24) is 4.57 Å². The van der Waals surface area contributed by atoms with Gasteiger partial charge in [0.25, 0.3) is 0 Å². The highest BCUT2D eigenvalue weighted by Gasteiger charge is 2.21. The second-order valence-corrected chi connectivity index (χ2v) is 4.36. The molecule has 0 fully saturated rings. The number of rotatable bonds is 4. The van der Waals surface area contributed by atoms with E-state index in [-0.39, 0.29) is 0 Å². The van der Waals surface area contributed by atoms with Gasteiger partial charge in [-0.25, -0.2) is 4.79 Å². The van der Waals surface area contributed by atoms with Crippen molar-refractivity contribution in [3.63, 3.8) is 0 Å². The minimum atomic E-state index is -0.783. The van der Waals surface area contributed by atoms with E-state index in [9.17, 15) is 9.90 Å². The third-order valence-corrected chi connectivity index (χ3v) is 3.17. The molecular formula is C15H17NO2. The van der Waals surface area contributed by atoms with Gasteiger partial charge in [0.05, 0.1) is 0 Å². The molecular weight excluding hydrogens is 226 g/mol. The van der Waals surface area contributed by atoms with Gasteiger partial charge in [-0.2, -0.15) is 0 Å². The molecule has 1 unspecified atom stereocenters. The van der Waals surface area contributed by atoms with Crippen LogP contribution in [-0.2, 0) is 4.79 Å². The first kappa shape index (κ1) is 12.4. The number of hydrogen-bond donors (Lipinski definition) is 1. The van der Waals surface area contributed by atoms with Gasteiger partial charge in [-0.05, 0) is 31.0 Å². The van der Waals surface area contributed by atoms with Crippen molar-refractivity contribution in [3.05, 3.63) is 48.2 Å². The summed E-state index contributed by atoms with van der Waals surface area (Å²) in [5, 5.41) is 9.32. The Morgan fingerprint density at radius 1 is 1.22 bits per heavy atom. The van der Waals surface area contributed by atoms with E-state index >= 15 is 0 Å². The van der Waals surface area contributed by atoms with Crippen LogP contribution in [0.2, 0.25) is 0 Å². The number of hydrogen-bond acceptors (Lipinski definition) is 1. The maximum atomic E-state index is 11.3. The summed E-state index contributed by atoms with van der Waals surface area (Å²) < 4.78 is 1.90. The lowest BCUT2D eigenvalue weighted by molar-refractivity contribution is -0.141. The highest BCUT2D eigenvalue weighted by molar-refractivity contribution is 5.74. The molecule has 0 saturated heterocycles. The maximum Gasteiger partial charge on any atom is 0.326 e. The summed E-state index contributed by atoms with van der Waals surface area (Å²) in [6.45, 7) is 3.84. The molecule has 3 nitrogen and oxygen atoms in total. The molecule has 0 aliphatic rings. The van der Waals surface area contributed by atoms with Crippen LogP contribution >= 0.6 is 0 Å². The van der Waals surface area contributed by atoms with E-state index in [0.29, 0.717) is 6.42 Å². The lowest BCUT2D eigenvalue weighted by Gasteiger charge is -2.18. The Labute approximate surface area is 107 Å². The quantitative estimate of drug-likeness (QED) is 0.893. The van der Waals surface area contributed by atoms with E-state index in [1.54, 1.807) is 0 Å². The zero-order valence-corrected chi connectivity index (χ0v) is 10.6. The third-order valence-electron chi connectivity index (χ3n) is 3.17. The van der Waals surface area contributed by atoms with Crippen LogP contribution in [0.5, 0.6) is 0 Å². The molecule has 0 radical (unpaired) electrons. The molecule has 18 heavy (non-hydrogen) atoms. The van der Waals surface area contributed by atoms with Gasteiger partial charge < -0.3 is 9.67 Å². The number of nitrogens with zero attached hydrogens (tertiary/aromatic N) is 1. The highest BCUT2D eigenvalue weighted by Crippen LogP contribution is 2.27. The molecule has 0 spiro atoms. The van der Waals surface area contributed by atoms with Crippen molar-refractivity contribution in [2.45, 2.75) is 26.3 Å². The minimum Gasteiger partial charge on any atom is -0.480 e. The van der Waals surface area contributed by atoms with Crippen LogP contribution in [0, 0.1) is 6.92 Å². The molecule has 1 N–H and O–H groups in total. The van der Waals surface area contributed by atoms with E-state index in [4.69, 9.17) is 0 Å². The number of aliphatic carboxylic acids is 1. The monoisotopic (exact) mass is 243 g/mol. The molecule has 1 heterocycles. The average molecular weight is 243 g/mol. The van der Waals surface area contributed by atoms with E-state index in [1.807, 2.05) is 60.9 Å². The molecule has 1 aromatic heterocycles. The lowest BCUT2D eigenvalue weighted by Crippen LogP contribution is -2.19. The van der Waals surface area contributed by atoms with E-state index in [0.717, 1.165) is 17.0 Å². The summed E-state index contributed by atoms with van der Waals surface area (Å²) in [5.41, 5.74) is 2.98. The second-order valence-electron chi connectivity index (χ2n) is 4.36. The summed E-state index contributed by atoms with van der Waals surface area (Å²) in [6.07, 6.45) is 0.574. The first-order chi connectivity index (χ1) is 8.65. The van der Waals surface area contributed by atoms with Crippen molar-refractivity contribution >= 4 is 5.97 Å². The first-order valence-corrected chi connectivity index (χ1v) is 6.11. The Balaban J connectivity index is 2.54. The number of carboxylic acid groups (broad SMARTS) is 1. The maximum absolute atomic E-state index is 11.3. The van der Waals surface area contributed by atoms with Crippen LogP contribution in [0.25, 0.3) is 11.3 Å². The fourth-order valence-corrected chi connectivity index (χ4v) is 2.28. The molecule has 2 aromatic rings. The Kier molecular flexibility index (Phi) is 3.51. The first-order valence-electron chi connectivity index (χ1n) is 6.11. The number of carbonyl (C=O) groups is 1. The van der Waals surface area contributed by atoms with Crippen LogP contribution in [-0.4, -0.2) is 15.6 Å². The van der Waals surface area contributed by atoms with Gasteiger partial charge in [0.15, 0.2) is 0 Å². The molecule has 3 heteroatoms. The number of carboxylic acids is 1. The fraction of sp³-hybridized carbons (Fsp3) is 0.267. The normalized spacial score (nSPS) is 12.3. The lowest BCUT2D eigenvalue weighted by atomic mass is 10.1. The van der Waals surface area contributed by atoms with Gasteiger partial charge in [0.2, 0.25) is 0 Å². The highest BCUT2D eigenvalue weighted by atomic mass is 16.4. The number of aromatic nitrogens is 1. The minimum absolute atomic E-state index is 0.504. The van der Waals surface area contributed by atoms with Gasteiger partial charge >= 0.3 is 5.97 Å². The molecule has 0 aliphatic heterocycles. The van der Waals surface area contributed by atoms with Gasteiger partial charge in [-0.3, -0.25) is 0 Å². The Morgan fingerprint density at radius 2 is 1.89 bits per heavy atom. The van der Waals surface area contributed by atoms with Crippen LogP contribution in [0.3, 0.4) is 0 Å². The molecule has 1 atom stereocenters. The molecule has 2 rings (SSSR count). The summed E-state index contributed by atoms with van der Waals surface area (Å²) in [6, 6.07) is 13.3. The van der Waals surface area contributed by atoms with Crippen LogP contribution in [0.15, 0.2) is 42.5 Å².